The summed E-state index contributed by atoms with van der Waals surface area (Å²) in [6, 6.07) is 12.7. The molecule has 9 nitrogen and oxygen atoms in total. The Morgan fingerprint density at radius 3 is 1.84 bits per heavy atom. The Bertz CT molecular complexity index is 1860. The fourth-order valence-corrected chi connectivity index (χ4v) is 5.60. The summed E-state index contributed by atoms with van der Waals surface area (Å²) in [4.78, 5) is 11.3. The van der Waals surface area contributed by atoms with Crippen molar-refractivity contribution in [1.29, 1.82) is 5.26 Å². The Morgan fingerprint density at radius 1 is 0.818 bits per heavy atom. The fraction of sp³-hybridized carbons (Fsp3) is 0.314. The maximum atomic E-state index is 10.3. The summed E-state index contributed by atoms with van der Waals surface area (Å²) in [6.07, 6.45) is 1.70. The van der Waals surface area contributed by atoms with Gasteiger partial charge in [0.2, 0.25) is 0 Å². The third kappa shape index (κ3) is 6.31. The lowest BCUT2D eigenvalue weighted by Crippen LogP contribution is -2.04. The molecule has 1 heterocycles. The van der Waals surface area contributed by atoms with Crippen molar-refractivity contribution in [2.75, 3.05) is 10.6 Å². The Kier molecular flexibility index (Phi) is 9.47. The maximum absolute atomic E-state index is 10.3. The van der Waals surface area contributed by atoms with Crippen LogP contribution in [0.25, 0.3) is 9.69 Å². The van der Waals surface area contributed by atoms with Gasteiger partial charge in [0, 0.05) is 11.4 Å². The molecule has 0 aliphatic heterocycles. The van der Waals surface area contributed by atoms with Gasteiger partial charge in [0.05, 0.1) is 23.5 Å². The summed E-state index contributed by atoms with van der Waals surface area (Å²) < 4.78 is 1.65. The second kappa shape index (κ2) is 13.2. The minimum absolute atomic E-state index is 0.00660. The van der Waals surface area contributed by atoms with E-state index in [2.05, 4.69) is 114 Å². The number of unbranched alkanes of at least 4 members (excludes halogenated alkanes) is 1. The summed E-state index contributed by atoms with van der Waals surface area (Å²) in [6.45, 7) is 31.9. The number of hydrogen-bond donors (Lipinski definition) is 2. The number of aromatic nitrogens is 2. The van der Waals surface area contributed by atoms with Crippen molar-refractivity contribution in [2.45, 2.75) is 74.8 Å². The van der Waals surface area contributed by atoms with Crippen molar-refractivity contribution in [1.82, 2.24) is 9.55 Å². The van der Waals surface area contributed by atoms with Crippen LogP contribution >= 0.6 is 0 Å². The van der Waals surface area contributed by atoms with E-state index in [0.29, 0.717) is 34.7 Å². The lowest BCUT2D eigenvalue weighted by molar-refractivity contribution is 0.640. The SMILES string of the molecule is [C-]#[N+]c1nc(N=Nc2c(Nc3c(C)cc(C)cc3C)cc(Nc3c(C)cc(C)cc3C)c(C#N)c2C)n(CCCC)c1[N+]#[C-]. The van der Waals surface area contributed by atoms with E-state index < -0.39 is 0 Å². The highest BCUT2D eigenvalue weighted by atomic mass is 15.3. The van der Waals surface area contributed by atoms with Gasteiger partial charge in [-0.05, 0) is 88.8 Å². The van der Waals surface area contributed by atoms with Gasteiger partial charge in [-0.25, -0.2) is 4.57 Å². The van der Waals surface area contributed by atoms with Gasteiger partial charge in [-0.2, -0.15) is 5.26 Å². The predicted molar refractivity (Wildman–Crippen MR) is 178 cm³/mol. The van der Waals surface area contributed by atoms with Crippen LogP contribution in [0.15, 0.2) is 40.6 Å². The molecule has 1 aromatic heterocycles. The molecule has 0 spiro atoms. The van der Waals surface area contributed by atoms with Gasteiger partial charge in [-0.1, -0.05) is 72.0 Å². The zero-order valence-corrected chi connectivity index (χ0v) is 26.6. The van der Waals surface area contributed by atoms with Crippen LogP contribution in [0.4, 0.5) is 46.0 Å². The highest BCUT2D eigenvalue weighted by Gasteiger charge is 2.23. The van der Waals surface area contributed by atoms with Gasteiger partial charge in [0.1, 0.15) is 11.8 Å². The molecule has 2 N–H and O–H groups in total. The Hall–Kier alpha value is -5.46. The second-order valence-electron chi connectivity index (χ2n) is 11.2. The summed E-state index contributed by atoms with van der Waals surface area (Å²) in [7, 11) is 0. The van der Waals surface area contributed by atoms with Crippen molar-refractivity contribution >= 4 is 46.0 Å². The van der Waals surface area contributed by atoms with Crippen LogP contribution in [0, 0.1) is 72.9 Å². The molecular formula is C35H37N9. The van der Waals surface area contributed by atoms with Crippen LogP contribution < -0.4 is 10.6 Å². The molecule has 0 aliphatic rings. The summed E-state index contributed by atoms with van der Waals surface area (Å²) in [5, 5.41) is 26.6. The molecule has 0 fully saturated rings. The van der Waals surface area contributed by atoms with Crippen molar-refractivity contribution in [3.63, 3.8) is 0 Å². The highest BCUT2D eigenvalue weighted by molar-refractivity contribution is 5.86. The minimum atomic E-state index is 0.00660. The number of azo groups is 1. The lowest BCUT2D eigenvalue weighted by atomic mass is 10.00. The number of benzene rings is 3. The molecule has 9 heteroatoms. The molecule has 222 valence electrons. The quantitative estimate of drug-likeness (QED) is 0.151. The van der Waals surface area contributed by atoms with Gasteiger partial charge < -0.3 is 20.3 Å². The van der Waals surface area contributed by atoms with Crippen LogP contribution in [0.3, 0.4) is 0 Å². The highest BCUT2D eigenvalue weighted by Crippen LogP contribution is 2.42. The van der Waals surface area contributed by atoms with Gasteiger partial charge in [-0.15, -0.1) is 5.11 Å². The Balaban J connectivity index is 1.94. The average molecular weight is 584 g/mol. The van der Waals surface area contributed by atoms with E-state index >= 15 is 0 Å². The standard InChI is InChI=1S/C35H37N9/c1-11-12-13-44-34(38-10)33(37-9)41-35(44)43-42-32-26(8)27(19-36)28(39-30-22(4)14-20(2)15-23(30)5)18-29(32)40-31-24(6)16-21(3)17-25(31)7/h14-18,39-40H,11-13H2,1-8H3. The Morgan fingerprint density at radius 2 is 1.36 bits per heavy atom. The van der Waals surface area contributed by atoms with Crippen LogP contribution in [0.1, 0.15) is 64.3 Å². The van der Waals surface area contributed by atoms with Gasteiger partial charge >= 0.3 is 5.95 Å². The number of nitrogens with zero attached hydrogens (tertiary/aromatic N) is 7. The zero-order chi connectivity index (χ0) is 32.1. The third-order valence-electron chi connectivity index (χ3n) is 7.62. The van der Waals surface area contributed by atoms with Crippen LogP contribution in [-0.2, 0) is 6.54 Å². The van der Waals surface area contributed by atoms with E-state index in [4.69, 9.17) is 13.1 Å². The zero-order valence-electron chi connectivity index (χ0n) is 26.6. The molecule has 3 aromatic carbocycles. The van der Waals surface area contributed by atoms with Crippen LogP contribution in [0.2, 0.25) is 0 Å². The molecule has 44 heavy (non-hydrogen) atoms. The van der Waals surface area contributed by atoms with E-state index in [1.807, 2.05) is 13.0 Å². The lowest BCUT2D eigenvalue weighted by Gasteiger charge is -2.20. The molecule has 0 bridgehead atoms. The molecule has 0 radical (unpaired) electrons. The van der Waals surface area contributed by atoms with Gasteiger partial charge in [0.15, 0.2) is 0 Å². The molecule has 4 rings (SSSR count). The third-order valence-corrected chi connectivity index (χ3v) is 7.62. The number of rotatable bonds is 9. The first-order chi connectivity index (χ1) is 21.0. The van der Waals surface area contributed by atoms with Crippen molar-refractivity contribution in [2.24, 2.45) is 10.2 Å². The molecule has 0 saturated carbocycles. The summed E-state index contributed by atoms with van der Waals surface area (Å²) >= 11 is 0. The smallest absolute Gasteiger partial charge is 0.373 e. The molecule has 0 aliphatic carbocycles. The normalized spacial score (nSPS) is 10.8. The average Bonchev–Trinajstić information content (AvgIpc) is 3.31. The van der Waals surface area contributed by atoms with Crippen molar-refractivity contribution in [3.05, 3.63) is 97.7 Å². The fourth-order valence-electron chi connectivity index (χ4n) is 5.60. The van der Waals surface area contributed by atoms with Crippen molar-refractivity contribution < 1.29 is 0 Å². The molecule has 0 atom stereocenters. The largest absolute Gasteiger partial charge is 0.416 e. The Labute approximate surface area is 259 Å². The van der Waals surface area contributed by atoms with Crippen LogP contribution in [0.5, 0.6) is 0 Å². The van der Waals surface area contributed by atoms with E-state index in [-0.39, 0.29) is 17.6 Å². The number of aryl methyl sites for hydroxylation is 6. The van der Waals surface area contributed by atoms with E-state index in [0.717, 1.165) is 46.5 Å². The number of anilines is 4. The second-order valence-corrected chi connectivity index (χ2v) is 11.2. The van der Waals surface area contributed by atoms with E-state index in [1.54, 1.807) is 4.57 Å². The minimum Gasteiger partial charge on any atom is -0.373 e. The first kappa shape index (κ1) is 31.5. The number of hydrogen-bond acceptors (Lipinski definition) is 6. The van der Waals surface area contributed by atoms with Crippen LogP contribution in [-0.4, -0.2) is 9.55 Å². The first-order valence-electron chi connectivity index (χ1n) is 14.6. The van der Waals surface area contributed by atoms with Gasteiger partial charge in [0.25, 0.3) is 11.6 Å². The summed E-state index contributed by atoms with van der Waals surface area (Å²) in [5.74, 6) is 0.353. The maximum Gasteiger partial charge on any atom is 0.416 e. The van der Waals surface area contributed by atoms with Crippen molar-refractivity contribution in [3.8, 4) is 6.07 Å². The number of nitriles is 1. The topological polar surface area (TPSA) is 99.1 Å². The molecule has 4 aromatic rings. The van der Waals surface area contributed by atoms with Gasteiger partial charge in [-0.3, -0.25) is 0 Å². The summed E-state index contributed by atoms with van der Waals surface area (Å²) in [5.41, 5.74) is 11.4. The first-order valence-corrected chi connectivity index (χ1v) is 14.6. The predicted octanol–water partition coefficient (Wildman–Crippen LogP) is 10.7. The molecular weight excluding hydrogens is 546 g/mol. The van der Waals surface area contributed by atoms with E-state index in [1.165, 1.54) is 11.1 Å². The van der Waals surface area contributed by atoms with E-state index in [9.17, 15) is 5.26 Å². The molecule has 0 saturated heterocycles. The molecule has 0 unspecified atom stereocenters. The molecule has 0 amide bonds. The monoisotopic (exact) mass is 583 g/mol. The number of imidazole rings is 1. The number of nitrogens with one attached hydrogen (secondary N) is 2.